The lowest BCUT2D eigenvalue weighted by Gasteiger charge is -2.18. The number of esters is 1. The zero-order chi connectivity index (χ0) is 21.3. The normalized spacial score (nSPS) is 14.8. The highest BCUT2D eigenvalue weighted by molar-refractivity contribution is 6.36. The number of aromatic amines is 1. The number of halogens is 1. The number of methoxy groups -OCH3 is 2. The molecule has 0 radical (unpaired) electrons. The largest absolute Gasteiger partial charge is 0.494 e. The molecule has 0 amide bonds. The SMILES string of the molecule is COC(=O)C1=NC(C(O)c2c(-c3ccccc3)[nH]c3cc(F)c(OC)cc23)=CCC1. The number of hydrogen-bond donors (Lipinski definition) is 2. The van der Waals surface area contributed by atoms with Crippen molar-refractivity contribution in [2.24, 2.45) is 4.99 Å². The van der Waals surface area contributed by atoms with E-state index in [1.54, 1.807) is 12.1 Å². The van der Waals surface area contributed by atoms with Gasteiger partial charge in [0.15, 0.2) is 11.6 Å². The highest BCUT2D eigenvalue weighted by Gasteiger charge is 2.27. The van der Waals surface area contributed by atoms with Gasteiger partial charge in [-0.25, -0.2) is 14.2 Å². The number of carbonyl (C=O) groups is 1. The first-order valence-corrected chi connectivity index (χ1v) is 9.52. The predicted molar refractivity (Wildman–Crippen MR) is 112 cm³/mol. The molecule has 30 heavy (non-hydrogen) atoms. The second-order valence-corrected chi connectivity index (χ2v) is 6.93. The molecule has 0 saturated carbocycles. The Morgan fingerprint density at radius 1 is 1.23 bits per heavy atom. The summed E-state index contributed by atoms with van der Waals surface area (Å²) in [5.41, 5.74) is 3.15. The smallest absolute Gasteiger partial charge is 0.352 e. The molecule has 2 aromatic carbocycles. The lowest BCUT2D eigenvalue weighted by Crippen LogP contribution is -2.19. The lowest BCUT2D eigenvalue weighted by molar-refractivity contribution is -0.132. The van der Waals surface area contributed by atoms with Crippen LogP contribution in [0.15, 0.2) is 59.2 Å². The van der Waals surface area contributed by atoms with E-state index in [1.807, 2.05) is 30.3 Å². The minimum atomic E-state index is -1.14. The van der Waals surface area contributed by atoms with E-state index in [4.69, 9.17) is 9.47 Å². The maximum Gasteiger partial charge on any atom is 0.352 e. The van der Waals surface area contributed by atoms with Crippen LogP contribution in [0.5, 0.6) is 5.75 Å². The molecule has 0 saturated heterocycles. The van der Waals surface area contributed by atoms with Crippen molar-refractivity contribution in [3.63, 3.8) is 0 Å². The van der Waals surface area contributed by atoms with Gasteiger partial charge in [-0.05, 0) is 18.1 Å². The van der Waals surface area contributed by atoms with Crippen molar-refractivity contribution in [1.29, 1.82) is 0 Å². The molecule has 0 spiro atoms. The van der Waals surface area contributed by atoms with Crippen LogP contribution in [0.2, 0.25) is 0 Å². The van der Waals surface area contributed by atoms with Crippen LogP contribution >= 0.6 is 0 Å². The number of carbonyl (C=O) groups excluding carboxylic acids is 1. The fourth-order valence-electron chi connectivity index (χ4n) is 3.69. The van der Waals surface area contributed by atoms with E-state index in [9.17, 15) is 14.3 Å². The standard InChI is InChI=1S/C23H21FN2O4/c1-29-19-11-14-18(12-15(19)24)26-21(13-7-4-3-5-8-13)20(14)22(27)16-9-6-10-17(25-16)23(28)30-2/h3-5,7-9,11-12,22,26-27H,6,10H2,1-2H3. The van der Waals surface area contributed by atoms with Gasteiger partial charge in [0.25, 0.3) is 0 Å². The molecule has 1 aromatic heterocycles. The topological polar surface area (TPSA) is 83.9 Å². The van der Waals surface area contributed by atoms with Gasteiger partial charge in [0.2, 0.25) is 0 Å². The first-order chi connectivity index (χ1) is 14.5. The molecule has 4 rings (SSSR count). The van der Waals surface area contributed by atoms with Crippen molar-refractivity contribution in [3.05, 3.63) is 65.6 Å². The average Bonchev–Trinajstić information content (AvgIpc) is 3.16. The van der Waals surface area contributed by atoms with Gasteiger partial charge in [0.05, 0.1) is 25.6 Å². The van der Waals surface area contributed by atoms with Gasteiger partial charge in [0.1, 0.15) is 11.8 Å². The summed E-state index contributed by atoms with van der Waals surface area (Å²) in [4.78, 5) is 19.5. The van der Waals surface area contributed by atoms with Crippen molar-refractivity contribution >= 4 is 22.6 Å². The monoisotopic (exact) mass is 408 g/mol. The van der Waals surface area contributed by atoms with Crippen molar-refractivity contribution in [2.75, 3.05) is 14.2 Å². The molecule has 1 aliphatic heterocycles. The maximum atomic E-state index is 14.3. The third kappa shape index (κ3) is 3.48. The minimum Gasteiger partial charge on any atom is -0.494 e. The van der Waals surface area contributed by atoms with E-state index in [1.165, 1.54) is 20.3 Å². The Hall–Kier alpha value is -3.45. The Balaban J connectivity index is 1.91. The van der Waals surface area contributed by atoms with Gasteiger partial charge in [0, 0.05) is 29.0 Å². The van der Waals surface area contributed by atoms with Gasteiger partial charge >= 0.3 is 5.97 Å². The molecular formula is C23H21FN2O4. The summed E-state index contributed by atoms with van der Waals surface area (Å²) >= 11 is 0. The second-order valence-electron chi connectivity index (χ2n) is 6.93. The summed E-state index contributed by atoms with van der Waals surface area (Å²) in [6, 6.07) is 12.3. The molecular weight excluding hydrogens is 387 g/mol. The lowest BCUT2D eigenvalue weighted by atomic mass is 9.96. The van der Waals surface area contributed by atoms with E-state index in [0.717, 1.165) is 5.56 Å². The Morgan fingerprint density at radius 3 is 2.70 bits per heavy atom. The van der Waals surface area contributed by atoms with Crippen LogP contribution in [-0.2, 0) is 9.53 Å². The zero-order valence-electron chi connectivity index (χ0n) is 16.6. The van der Waals surface area contributed by atoms with Crippen molar-refractivity contribution in [1.82, 2.24) is 4.98 Å². The summed E-state index contributed by atoms with van der Waals surface area (Å²) in [5, 5.41) is 11.9. The van der Waals surface area contributed by atoms with Crippen LogP contribution in [0, 0.1) is 5.82 Å². The third-order valence-electron chi connectivity index (χ3n) is 5.15. The number of rotatable bonds is 5. The first kappa shape index (κ1) is 19.8. The molecule has 0 aliphatic carbocycles. The molecule has 6 nitrogen and oxygen atoms in total. The highest BCUT2D eigenvalue weighted by atomic mass is 19.1. The number of nitrogens with zero attached hydrogens (tertiary/aromatic N) is 1. The Labute approximate surface area is 172 Å². The van der Waals surface area contributed by atoms with Crippen LogP contribution in [0.1, 0.15) is 24.5 Å². The molecule has 2 heterocycles. The van der Waals surface area contributed by atoms with E-state index < -0.39 is 17.9 Å². The predicted octanol–water partition coefficient (Wildman–Crippen LogP) is 4.31. The van der Waals surface area contributed by atoms with E-state index >= 15 is 0 Å². The summed E-state index contributed by atoms with van der Waals surface area (Å²) in [5.74, 6) is -0.945. The Morgan fingerprint density at radius 2 is 2.00 bits per heavy atom. The molecule has 0 fully saturated rings. The zero-order valence-corrected chi connectivity index (χ0v) is 16.6. The number of ether oxygens (including phenoxy) is 2. The van der Waals surface area contributed by atoms with Crippen LogP contribution in [0.4, 0.5) is 4.39 Å². The summed E-state index contributed by atoms with van der Waals surface area (Å²) in [7, 11) is 2.69. The number of aliphatic imine (C=N–C) groups is 1. The van der Waals surface area contributed by atoms with Crippen molar-refractivity contribution in [3.8, 4) is 17.0 Å². The van der Waals surface area contributed by atoms with Crippen LogP contribution < -0.4 is 4.74 Å². The summed E-state index contributed by atoms with van der Waals surface area (Å²) < 4.78 is 24.2. The van der Waals surface area contributed by atoms with Crippen LogP contribution in [0.3, 0.4) is 0 Å². The van der Waals surface area contributed by atoms with Gasteiger partial charge in [-0.3, -0.25) is 0 Å². The number of aliphatic hydroxyl groups is 1. The highest BCUT2D eigenvalue weighted by Crippen LogP contribution is 2.40. The number of fused-ring (bicyclic) bond motifs is 1. The molecule has 154 valence electrons. The van der Waals surface area contributed by atoms with Gasteiger partial charge in [-0.1, -0.05) is 36.4 Å². The molecule has 7 heteroatoms. The maximum absolute atomic E-state index is 14.3. The van der Waals surface area contributed by atoms with E-state index in [-0.39, 0.29) is 11.5 Å². The molecule has 1 unspecified atom stereocenters. The van der Waals surface area contributed by atoms with Crippen molar-refractivity contribution < 1.29 is 23.8 Å². The Bertz CT molecular complexity index is 1160. The number of benzene rings is 2. The molecule has 1 aliphatic rings. The minimum absolute atomic E-state index is 0.0749. The number of nitrogens with one attached hydrogen (secondary N) is 1. The van der Waals surface area contributed by atoms with E-state index in [2.05, 4.69) is 9.98 Å². The fraction of sp³-hybridized carbons (Fsp3) is 0.217. The second kappa shape index (κ2) is 8.12. The molecule has 0 bridgehead atoms. The molecule has 1 atom stereocenters. The number of aliphatic hydroxyl groups excluding tert-OH is 1. The summed E-state index contributed by atoms with van der Waals surface area (Å²) in [6.45, 7) is 0. The molecule has 2 N–H and O–H groups in total. The fourth-order valence-corrected chi connectivity index (χ4v) is 3.69. The average molecular weight is 408 g/mol. The quantitative estimate of drug-likeness (QED) is 0.617. The molecule has 3 aromatic rings. The third-order valence-corrected chi connectivity index (χ3v) is 5.15. The Kier molecular flexibility index (Phi) is 5.37. The first-order valence-electron chi connectivity index (χ1n) is 9.52. The van der Waals surface area contributed by atoms with Crippen LogP contribution in [-0.4, -0.2) is 36.0 Å². The van der Waals surface area contributed by atoms with Crippen LogP contribution in [0.25, 0.3) is 22.2 Å². The number of aromatic nitrogens is 1. The number of hydrogen-bond acceptors (Lipinski definition) is 5. The van der Waals surface area contributed by atoms with Gasteiger partial charge in [-0.2, -0.15) is 0 Å². The van der Waals surface area contributed by atoms with Gasteiger partial charge in [-0.15, -0.1) is 0 Å². The summed E-state index contributed by atoms with van der Waals surface area (Å²) in [6.07, 6.45) is 1.66. The van der Waals surface area contributed by atoms with Crippen molar-refractivity contribution in [2.45, 2.75) is 18.9 Å². The number of allylic oxidation sites excluding steroid dienone is 1. The van der Waals surface area contributed by atoms with Gasteiger partial charge < -0.3 is 19.6 Å². The van der Waals surface area contributed by atoms with E-state index in [0.29, 0.717) is 40.7 Å². The number of H-pyrrole nitrogens is 1.